The maximum Gasteiger partial charge on any atom is 0.191 e. The topological polar surface area (TPSA) is 54.9 Å². The van der Waals surface area contributed by atoms with Crippen LogP contribution >= 0.6 is 24.0 Å². The van der Waals surface area contributed by atoms with E-state index in [1.807, 2.05) is 6.07 Å². The summed E-state index contributed by atoms with van der Waals surface area (Å²) in [6.07, 6.45) is 1.05. The molecule has 0 amide bonds. The molecule has 0 aliphatic carbocycles. The van der Waals surface area contributed by atoms with Gasteiger partial charge in [0, 0.05) is 38.2 Å². The molecule has 0 aromatic heterocycles. The third-order valence-corrected chi connectivity index (χ3v) is 5.09. The number of ether oxygens (including phenoxy) is 2. The lowest BCUT2D eigenvalue weighted by atomic mass is 10.1. The van der Waals surface area contributed by atoms with E-state index in [4.69, 9.17) is 9.47 Å². The minimum absolute atomic E-state index is 0. The average Bonchev–Trinajstić information content (AvgIpc) is 3.24. The lowest BCUT2D eigenvalue weighted by Gasteiger charge is -2.17. The first-order chi connectivity index (χ1) is 14.0. The van der Waals surface area contributed by atoms with E-state index in [0.717, 1.165) is 42.1 Å². The fraction of sp³-hybridized carbons (Fsp3) is 0.435. The van der Waals surface area contributed by atoms with Gasteiger partial charge < -0.3 is 20.1 Å². The molecule has 1 heterocycles. The highest BCUT2D eigenvalue weighted by Gasteiger charge is 2.17. The molecule has 0 bridgehead atoms. The smallest absolute Gasteiger partial charge is 0.191 e. The van der Waals surface area contributed by atoms with Gasteiger partial charge in [-0.2, -0.15) is 0 Å². The van der Waals surface area contributed by atoms with Crippen LogP contribution in [0.2, 0.25) is 0 Å². The molecule has 1 saturated heterocycles. The molecule has 1 aliphatic heterocycles. The number of guanidine groups is 1. The normalized spacial score (nSPS) is 16.1. The first-order valence-corrected chi connectivity index (χ1v) is 10.0. The minimum atomic E-state index is -0.193. The molecule has 1 unspecified atom stereocenters. The Balaban J connectivity index is 0.00000320. The molecule has 164 valence electrons. The summed E-state index contributed by atoms with van der Waals surface area (Å²) in [6.45, 7) is 7.16. The molecule has 3 rings (SSSR count). The molecule has 2 N–H and O–H groups in total. The Morgan fingerprint density at radius 1 is 1.17 bits per heavy atom. The quantitative estimate of drug-likeness (QED) is 0.320. The Hall–Kier alpha value is -1.87. The highest BCUT2D eigenvalue weighted by Crippen LogP contribution is 2.22. The van der Waals surface area contributed by atoms with Crippen LogP contribution in [0.1, 0.15) is 28.7 Å². The highest BCUT2D eigenvalue weighted by molar-refractivity contribution is 14.0. The second kappa shape index (κ2) is 12.1. The fourth-order valence-electron chi connectivity index (χ4n) is 3.20. The first kappa shape index (κ1) is 24.4. The van der Waals surface area contributed by atoms with Crippen LogP contribution in [0.4, 0.5) is 4.39 Å². The zero-order valence-electron chi connectivity index (χ0n) is 17.8. The summed E-state index contributed by atoms with van der Waals surface area (Å²) < 4.78 is 25.3. The summed E-state index contributed by atoms with van der Waals surface area (Å²) in [6, 6.07) is 11.5. The Morgan fingerprint density at radius 2 is 1.97 bits per heavy atom. The second-order valence-corrected chi connectivity index (χ2v) is 7.51. The van der Waals surface area contributed by atoms with Crippen molar-refractivity contribution < 1.29 is 13.9 Å². The molecular formula is C23H31FIN3O2. The summed E-state index contributed by atoms with van der Waals surface area (Å²) in [4.78, 5) is 4.26. The molecule has 5 nitrogen and oxygen atoms in total. The molecular weight excluding hydrogens is 496 g/mol. The fourth-order valence-corrected chi connectivity index (χ4v) is 3.20. The number of halogens is 2. The maximum atomic E-state index is 13.7. The zero-order chi connectivity index (χ0) is 20.6. The number of aliphatic imine (C=N–C) groups is 1. The number of nitrogens with one attached hydrogen (secondary N) is 2. The van der Waals surface area contributed by atoms with E-state index < -0.39 is 0 Å². The van der Waals surface area contributed by atoms with E-state index in [1.54, 1.807) is 26.1 Å². The van der Waals surface area contributed by atoms with Gasteiger partial charge in [-0.05, 0) is 49.1 Å². The average molecular weight is 527 g/mol. The minimum Gasteiger partial charge on any atom is -0.493 e. The number of nitrogens with zero attached hydrogens (tertiary/aromatic N) is 1. The Kier molecular flexibility index (Phi) is 9.84. The molecule has 1 fully saturated rings. The monoisotopic (exact) mass is 527 g/mol. The second-order valence-electron chi connectivity index (χ2n) is 7.51. The summed E-state index contributed by atoms with van der Waals surface area (Å²) in [5, 5.41) is 6.54. The van der Waals surface area contributed by atoms with E-state index in [2.05, 4.69) is 40.7 Å². The van der Waals surface area contributed by atoms with Crippen LogP contribution in [0.3, 0.4) is 0 Å². The number of hydrogen-bond donors (Lipinski definition) is 2. The van der Waals surface area contributed by atoms with Crippen LogP contribution in [-0.2, 0) is 17.8 Å². The van der Waals surface area contributed by atoms with Gasteiger partial charge in [0.1, 0.15) is 11.6 Å². The number of rotatable bonds is 7. The van der Waals surface area contributed by atoms with Crippen LogP contribution in [0, 0.1) is 25.6 Å². The largest absolute Gasteiger partial charge is 0.493 e. The van der Waals surface area contributed by atoms with Crippen molar-refractivity contribution in [1.29, 1.82) is 0 Å². The molecule has 1 atom stereocenters. The number of hydrogen-bond acceptors (Lipinski definition) is 3. The molecule has 2 aromatic rings. The highest BCUT2D eigenvalue weighted by atomic mass is 127. The lowest BCUT2D eigenvalue weighted by Crippen LogP contribution is -2.36. The van der Waals surface area contributed by atoms with E-state index in [9.17, 15) is 4.39 Å². The Morgan fingerprint density at radius 3 is 2.67 bits per heavy atom. The van der Waals surface area contributed by atoms with E-state index in [-0.39, 0.29) is 29.8 Å². The van der Waals surface area contributed by atoms with Crippen molar-refractivity contribution in [3.8, 4) is 5.75 Å². The van der Waals surface area contributed by atoms with E-state index in [1.165, 1.54) is 0 Å². The van der Waals surface area contributed by atoms with Crippen LogP contribution < -0.4 is 15.4 Å². The van der Waals surface area contributed by atoms with E-state index in [0.29, 0.717) is 37.1 Å². The van der Waals surface area contributed by atoms with Gasteiger partial charge in [-0.3, -0.25) is 4.99 Å². The lowest BCUT2D eigenvalue weighted by molar-refractivity contribution is 0.166. The van der Waals surface area contributed by atoms with Gasteiger partial charge in [0.05, 0.1) is 13.2 Å². The third kappa shape index (κ3) is 7.12. The van der Waals surface area contributed by atoms with Gasteiger partial charge in [-0.25, -0.2) is 4.39 Å². The molecule has 0 saturated carbocycles. The predicted octanol–water partition coefficient (Wildman–Crippen LogP) is 4.34. The summed E-state index contributed by atoms with van der Waals surface area (Å²) in [5.74, 6) is 1.81. The molecule has 30 heavy (non-hydrogen) atoms. The van der Waals surface area contributed by atoms with Gasteiger partial charge >= 0.3 is 0 Å². The van der Waals surface area contributed by atoms with Crippen molar-refractivity contribution in [2.24, 2.45) is 10.9 Å². The van der Waals surface area contributed by atoms with Crippen LogP contribution in [0.15, 0.2) is 41.4 Å². The summed E-state index contributed by atoms with van der Waals surface area (Å²) >= 11 is 0. The van der Waals surface area contributed by atoms with Crippen LogP contribution in [-0.4, -0.2) is 32.8 Å². The molecule has 0 spiro atoms. The Labute approximate surface area is 195 Å². The molecule has 0 radical (unpaired) electrons. The van der Waals surface area contributed by atoms with Crippen molar-refractivity contribution in [2.75, 3.05) is 26.9 Å². The van der Waals surface area contributed by atoms with Crippen molar-refractivity contribution in [2.45, 2.75) is 33.4 Å². The maximum absolute atomic E-state index is 13.7. The standard InChI is InChI=1S/C23H30FN3O2.HI/c1-16-4-7-20(22(10-16)29-15-19-8-9-28-14-19)13-27-23(25-3)26-12-18-6-5-17(2)21(24)11-18;/h4-7,10-11,19H,8-9,12-15H2,1-3H3,(H2,25,26,27);1H. The zero-order valence-corrected chi connectivity index (χ0v) is 20.2. The molecule has 7 heteroatoms. The van der Waals surface area contributed by atoms with Gasteiger partial charge in [0.25, 0.3) is 0 Å². The van der Waals surface area contributed by atoms with Crippen molar-refractivity contribution in [3.05, 3.63) is 64.5 Å². The molecule has 1 aliphatic rings. The van der Waals surface area contributed by atoms with E-state index >= 15 is 0 Å². The van der Waals surface area contributed by atoms with Crippen LogP contribution in [0.5, 0.6) is 5.75 Å². The number of aryl methyl sites for hydroxylation is 2. The SMILES string of the molecule is CN=C(NCc1ccc(C)c(F)c1)NCc1ccc(C)cc1OCC1CCOC1.I. The van der Waals surface area contributed by atoms with Crippen molar-refractivity contribution >= 4 is 29.9 Å². The Bertz CT molecular complexity index is 854. The van der Waals surface area contributed by atoms with Crippen molar-refractivity contribution in [3.63, 3.8) is 0 Å². The van der Waals surface area contributed by atoms with Crippen molar-refractivity contribution in [1.82, 2.24) is 10.6 Å². The van der Waals surface area contributed by atoms with Gasteiger partial charge in [-0.15, -0.1) is 24.0 Å². The predicted molar refractivity (Wildman–Crippen MR) is 129 cm³/mol. The van der Waals surface area contributed by atoms with Gasteiger partial charge in [0.15, 0.2) is 5.96 Å². The first-order valence-electron chi connectivity index (χ1n) is 10.0. The third-order valence-electron chi connectivity index (χ3n) is 5.09. The summed E-state index contributed by atoms with van der Waals surface area (Å²) in [7, 11) is 1.72. The van der Waals surface area contributed by atoms with Gasteiger partial charge in [-0.1, -0.05) is 24.3 Å². The van der Waals surface area contributed by atoms with Gasteiger partial charge in [0.2, 0.25) is 0 Å². The van der Waals surface area contributed by atoms with Crippen LogP contribution in [0.25, 0.3) is 0 Å². The molecule has 2 aromatic carbocycles. The number of benzene rings is 2. The summed E-state index contributed by atoms with van der Waals surface area (Å²) in [5.41, 5.74) is 3.75.